The Hall–Kier alpha value is -0.830. The van der Waals surface area contributed by atoms with Crippen LogP contribution in [0.25, 0.3) is 0 Å². The molecule has 2 nitrogen and oxygen atoms in total. The molecule has 0 aliphatic heterocycles. The first kappa shape index (κ1) is 8.17. The lowest BCUT2D eigenvalue weighted by Crippen LogP contribution is -1.91. The topological polar surface area (TPSA) is 38.9 Å². The van der Waals surface area contributed by atoms with Gasteiger partial charge >= 0.3 is 0 Å². The van der Waals surface area contributed by atoms with E-state index in [0.29, 0.717) is 0 Å². The van der Waals surface area contributed by atoms with Crippen LogP contribution in [0.1, 0.15) is 0 Å². The van der Waals surface area contributed by atoms with E-state index in [1.165, 1.54) is 18.3 Å². The Morgan fingerprint density at radius 2 is 2.22 bits per heavy atom. The van der Waals surface area contributed by atoms with Crippen molar-refractivity contribution in [3.63, 3.8) is 0 Å². The summed E-state index contributed by atoms with van der Waals surface area (Å²) in [7, 11) is 0. The highest BCUT2D eigenvalue weighted by atomic mass is 35.5. The van der Waals surface area contributed by atoms with Crippen LogP contribution >= 0.6 is 12.4 Å². The summed E-state index contributed by atoms with van der Waals surface area (Å²) in [6.07, 6.45) is 1.44. The molecular weight excluding hydrogens is 143 g/mol. The van der Waals surface area contributed by atoms with Crippen molar-refractivity contribution in [2.75, 3.05) is 5.73 Å². The van der Waals surface area contributed by atoms with Gasteiger partial charge in [0.1, 0.15) is 0 Å². The first-order valence-electron chi connectivity index (χ1n) is 2.16. The average Bonchev–Trinajstić information content (AvgIpc) is 1.77. The van der Waals surface area contributed by atoms with Crippen LogP contribution in [0.5, 0.6) is 0 Å². The summed E-state index contributed by atoms with van der Waals surface area (Å²) in [5.41, 5.74) is 5.03. The first-order valence-corrected chi connectivity index (χ1v) is 2.16. The lowest BCUT2D eigenvalue weighted by molar-refractivity contribution is 0.627. The van der Waals surface area contributed by atoms with E-state index in [1.807, 2.05) is 0 Å². The highest BCUT2D eigenvalue weighted by Crippen LogP contribution is 2.01. The van der Waals surface area contributed by atoms with Crippen molar-refractivity contribution in [1.29, 1.82) is 0 Å². The molecule has 0 fully saturated rings. The molecule has 0 atom stereocenters. The maximum absolute atomic E-state index is 12.1. The van der Waals surface area contributed by atoms with Crippen LogP contribution < -0.4 is 5.73 Å². The third kappa shape index (κ3) is 1.85. The number of nitrogens with two attached hydrogens (primary N) is 1. The van der Waals surface area contributed by atoms with Gasteiger partial charge in [-0.1, -0.05) is 0 Å². The molecule has 0 saturated heterocycles. The van der Waals surface area contributed by atoms with Gasteiger partial charge in [-0.25, -0.2) is 9.37 Å². The molecule has 0 aliphatic rings. The molecule has 0 saturated carbocycles. The summed E-state index contributed by atoms with van der Waals surface area (Å²) in [6, 6.07) is 2.76. The van der Waals surface area contributed by atoms with Crippen LogP contribution in [-0.4, -0.2) is 4.98 Å². The lowest BCUT2D eigenvalue weighted by Gasteiger charge is -1.88. The van der Waals surface area contributed by atoms with Crippen molar-refractivity contribution in [2.45, 2.75) is 0 Å². The monoisotopic (exact) mass is 148 g/mol. The fourth-order valence-electron chi connectivity index (χ4n) is 0.398. The van der Waals surface area contributed by atoms with E-state index >= 15 is 0 Å². The Balaban J connectivity index is 0.000000640. The quantitative estimate of drug-likeness (QED) is 0.601. The predicted octanol–water partition coefficient (Wildman–Crippen LogP) is 1.22. The summed E-state index contributed by atoms with van der Waals surface area (Å²) in [5.74, 6) is -0.514. The van der Waals surface area contributed by atoms with Gasteiger partial charge in [0.15, 0.2) is 11.6 Å². The van der Waals surface area contributed by atoms with Crippen molar-refractivity contribution in [2.24, 2.45) is 0 Å². The van der Waals surface area contributed by atoms with E-state index in [9.17, 15) is 4.39 Å². The number of hydrogen-bond donors (Lipinski definition) is 1. The van der Waals surface area contributed by atoms with E-state index in [4.69, 9.17) is 5.73 Å². The molecule has 0 spiro atoms. The number of nitrogens with zero attached hydrogens (tertiary/aromatic N) is 1. The zero-order chi connectivity index (χ0) is 5.98. The number of pyridine rings is 1. The maximum Gasteiger partial charge on any atom is 0.165 e. The largest absolute Gasteiger partial charge is 0.381 e. The van der Waals surface area contributed by atoms with E-state index in [-0.39, 0.29) is 18.2 Å². The van der Waals surface area contributed by atoms with Crippen LogP contribution in [-0.2, 0) is 0 Å². The van der Waals surface area contributed by atoms with E-state index in [1.54, 1.807) is 0 Å². The summed E-state index contributed by atoms with van der Waals surface area (Å²) in [4.78, 5) is 3.48. The molecule has 0 amide bonds. The van der Waals surface area contributed by atoms with Crippen molar-refractivity contribution in [3.05, 3.63) is 24.1 Å². The molecule has 0 radical (unpaired) electrons. The molecule has 0 bridgehead atoms. The van der Waals surface area contributed by atoms with Crippen molar-refractivity contribution in [3.8, 4) is 0 Å². The zero-order valence-electron chi connectivity index (χ0n) is 4.54. The van der Waals surface area contributed by atoms with Gasteiger partial charge in [0.25, 0.3) is 0 Å². The second-order valence-corrected chi connectivity index (χ2v) is 1.37. The van der Waals surface area contributed by atoms with Gasteiger partial charge in [-0.05, 0) is 12.1 Å². The molecule has 1 aromatic rings. The van der Waals surface area contributed by atoms with Gasteiger partial charge in [0.05, 0.1) is 0 Å². The highest BCUT2D eigenvalue weighted by Gasteiger charge is 1.91. The molecule has 2 N–H and O–H groups in total. The van der Waals surface area contributed by atoms with Crippen LogP contribution in [0, 0.1) is 5.82 Å². The molecule has 0 unspecified atom stereocenters. The van der Waals surface area contributed by atoms with Gasteiger partial charge in [0.2, 0.25) is 0 Å². The summed E-state index contributed by atoms with van der Waals surface area (Å²) in [5, 5.41) is 0. The Morgan fingerprint density at radius 1 is 1.56 bits per heavy atom. The van der Waals surface area contributed by atoms with Crippen molar-refractivity contribution < 1.29 is 4.39 Å². The van der Waals surface area contributed by atoms with Gasteiger partial charge < -0.3 is 5.73 Å². The Labute approximate surface area is 58.3 Å². The number of anilines is 1. The molecule has 1 heterocycles. The minimum absolute atomic E-state index is 0. The smallest absolute Gasteiger partial charge is 0.165 e. The van der Waals surface area contributed by atoms with E-state index < -0.39 is 5.82 Å². The van der Waals surface area contributed by atoms with Crippen molar-refractivity contribution in [1.82, 2.24) is 4.98 Å². The SMILES string of the molecule is Cl.Nc1ncccc1F. The minimum Gasteiger partial charge on any atom is -0.381 e. The summed E-state index contributed by atoms with van der Waals surface area (Å²) in [6.45, 7) is 0. The molecule has 0 aliphatic carbocycles. The number of aromatic nitrogens is 1. The van der Waals surface area contributed by atoms with Gasteiger partial charge in [-0.15, -0.1) is 12.4 Å². The summed E-state index contributed by atoms with van der Waals surface area (Å²) < 4.78 is 12.1. The maximum atomic E-state index is 12.1. The fraction of sp³-hybridized carbons (Fsp3) is 0. The molecule has 4 heteroatoms. The standard InChI is InChI=1S/C5H5FN2.ClH/c6-4-2-1-3-8-5(4)7;/h1-3H,(H2,7,8);1H. The Bertz CT molecular complexity index is 171. The zero-order valence-corrected chi connectivity index (χ0v) is 5.36. The molecule has 0 aromatic carbocycles. The Kier molecular flexibility index (Phi) is 2.95. The number of nitrogen functional groups attached to an aromatic ring is 1. The normalized spacial score (nSPS) is 8.11. The lowest BCUT2D eigenvalue weighted by atomic mass is 10.4. The van der Waals surface area contributed by atoms with E-state index in [2.05, 4.69) is 4.98 Å². The highest BCUT2D eigenvalue weighted by molar-refractivity contribution is 5.85. The average molecular weight is 149 g/mol. The molecule has 1 aromatic heterocycles. The number of rotatable bonds is 0. The van der Waals surface area contributed by atoms with Crippen LogP contribution in [0.3, 0.4) is 0 Å². The van der Waals surface area contributed by atoms with Gasteiger partial charge in [-0.2, -0.15) is 0 Å². The molecule has 1 rings (SSSR count). The number of hydrogen-bond acceptors (Lipinski definition) is 2. The van der Waals surface area contributed by atoms with Crippen LogP contribution in [0.15, 0.2) is 18.3 Å². The molecule has 50 valence electrons. The minimum atomic E-state index is -0.465. The second-order valence-electron chi connectivity index (χ2n) is 1.37. The second kappa shape index (κ2) is 3.25. The fourth-order valence-corrected chi connectivity index (χ4v) is 0.398. The van der Waals surface area contributed by atoms with E-state index in [0.717, 1.165) is 0 Å². The van der Waals surface area contributed by atoms with Crippen LogP contribution in [0.2, 0.25) is 0 Å². The molecular formula is C5H6ClFN2. The summed E-state index contributed by atoms with van der Waals surface area (Å²) >= 11 is 0. The third-order valence-corrected chi connectivity index (χ3v) is 0.787. The predicted molar refractivity (Wildman–Crippen MR) is 35.9 cm³/mol. The number of halogens is 2. The van der Waals surface area contributed by atoms with Crippen LogP contribution in [0.4, 0.5) is 10.2 Å². The van der Waals surface area contributed by atoms with Crippen molar-refractivity contribution >= 4 is 18.2 Å². The Morgan fingerprint density at radius 3 is 2.56 bits per heavy atom. The van der Waals surface area contributed by atoms with Gasteiger partial charge in [0, 0.05) is 6.20 Å². The molecule has 9 heavy (non-hydrogen) atoms. The first-order chi connectivity index (χ1) is 3.80. The third-order valence-electron chi connectivity index (χ3n) is 0.787. The van der Waals surface area contributed by atoms with Gasteiger partial charge in [-0.3, -0.25) is 0 Å².